The molecule has 3 rings (SSSR count). The van der Waals surface area contributed by atoms with Crippen LogP contribution in [0, 0.1) is 0 Å². The molecule has 0 radical (unpaired) electrons. The van der Waals surface area contributed by atoms with E-state index in [-0.39, 0.29) is 6.04 Å². The Morgan fingerprint density at radius 2 is 2.10 bits per heavy atom. The second-order valence-electron chi connectivity index (χ2n) is 4.84. The highest BCUT2D eigenvalue weighted by Crippen LogP contribution is 2.41. The summed E-state index contributed by atoms with van der Waals surface area (Å²) >= 11 is 0. The predicted octanol–water partition coefficient (Wildman–Crippen LogP) is 3.29. The summed E-state index contributed by atoms with van der Waals surface area (Å²) in [5.41, 5.74) is 3.16. The molecule has 1 unspecified atom stereocenters. The van der Waals surface area contributed by atoms with Crippen LogP contribution < -0.4 is 4.74 Å². The van der Waals surface area contributed by atoms with E-state index in [1.165, 1.54) is 0 Å². The number of methoxy groups -OCH3 is 2. The molecule has 1 aliphatic rings. The molecule has 1 aromatic carbocycles. The van der Waals surface area contributed by atoms with Crippen LogP contribution in [0.25, 0.3) is 16.7 Å². The zero-order valence-electron chi connectivity index (χ0n) is 11.9. The molecule has 2 aromatic rings. The molecular weight excluding hydrogens is 252 g/mol. The minimum atomic E-state index is 0.0982. The van der Waals surface area contributed by atoms with Gasteiger partial charge in [0.1, 0.15) is 11.5 Å². The minimum absolute atomic E-state index is 0.0982. The molecule has 0 fully saturated rings. The highest BCUT2D eigenvalue weighted by molar-refractivity contribution is 5.97. The van der Waals surface area contributed by atoms with E-state index in [1.807, 2.05) is 31.5 Å². The van der Waals surface area contributed by atoms with E-state index >= 15 is 0 Å². The number of rotatable bonds is 3. The third-order valence-corrected chi connectivity index (χ3v) is 3.79. The summed E-state index contributed by atoms with van der Waals surface area (Å²) < 4.78 is 11.0. The highest BCUT2D eigenvalue weighted by atomic mass is 16.5. The summed E-state index contributed by atoms with van der Waals surface area (Å²) in [5, 5.41) is 1.10. The molecule has 0 aliphatic carbocycles. The third kappa shape index (κ3) is 1.61. The van der Waals surface area contributed by atoms with Gasteiger partial charge in [0, 0.05) is 24.2 Å². The second-order valence-corrected chi connectivity index (χ2v) is 4.84. The molecule has 1 atom stereocenters. The number of aromatic amines is 1. The molecule has 4 nitrogen and oxygen atoms in total. The Morgan fingerprint density at radius 3 is 2.75 bits per heavy atom. The molecule has 20 heavy (non-hydrogen) atoms. The Kier molecular flexibility index (Phi) is 2.93. The molecule has 104 valence electrons. The summed E-state index contributed by atoms with van der Waals surface area (Å²) in [6.45, 7) is 3.93. The summed E-state index contributed by atoms with van der Waals surface area (Å²) in [4.78, 5) is 5.55. The number of hydrogen-bond donors (Lipinski definition) is 1. The maximum absolute atomic E-state index is 5.55. The van der Waals surface area contributed by atoms with Crippen LogP contribution in [0.5, 0.6) is 5.75 Å². The van der Waals surface area contributed by atoms with E-state index < -0.39 is 0 Å². The van der Waals surface area contributed by atoms with Crippen molar-refractivity contribution >= 4 is 16.7 Å². The van der Waals surface area contributed by atoms with Gasteiger partial charge < -0.3 is 19.4 Å². The van der Waals surface area contributed by atoms with Crippen molar-refractivity contribution in [2.75, 3.05) is 21.3 Å². The largest absolute Gasteiger partial charge is 0.495 e. The first-order valence-corrected chi connectivity index (χ1v) is 6.50. The third-order valence-electron chi connectivity index (χ3n) is 3.79. The first-order valence-electron chi connectivity index (χ1n) is 6.50. The van der Waals surface area contributed by atoms with Crippen LogP contribution in [0.4, 0.5) is 0 Å². The fourth-order valence-corrected chi connectivity index (χ4v) is 2.84. The van der Waals surface area contributed by atoms with Crippen molar-refractivity contribution in [1.82, 2.24) is 9.88 Å². The summed E-state index contributed by atoms with van der Waals surface area (Å²) in [6, 6.07) is 6.11. The van der Waals surface area contributed by atoms with Gasteiger partial charge in [-0.15, -0.1) is 6.58 Å². The standard InChI is InChI=1S/C16H18N2O2/c1-5-11-16-14(13(20-4)9-18(11)2)10-7-6-8-12(19-3)15(10)17-16/h5-9,11,17H,1H2,2-4H3. The van der Waals surface area contributed by atoms with Crippen LogP contribution in [0.2, 0.25) is 0 Å². The quantitative estimate of drug-likeness (QED) is 0.870. The van der Waals surface area contributed by atoms with E-state index in [1.54, 1.807) is 14.2 Å². The Bertz CT molecular complexity index is 700. The van der Waals surface area contributed by atoms with Crippen molar-refractivity contribution in [2.45, 2.75) is 6.04 Å². The lowest BCUT2D eigenvalue weighted by Crippen LogP contribution is -2.23. The first-order chi connectivity index (χ1) is 9.71. The Morgan fingerprint density at radius 1 is 1.30 bits per heavy atom. The number of benzene rings is 1. The fourth-order valence-electron chi connectivity index (χ4n) is 2.84. The molecule has 4 heteroatoms. The zero-order valence-corrected chi connectivity index (χ0v) is 11.9. The van der Waals surface area contributed by atoms with Crippen LogP contribution in [0.1, 0.15) is 17.3 Å². The number of hydrogen-bond acceptors (Lipinski definition) is 3. The van der Waals surface area contributed by atoms with Crippen molar-refractivity contribution in [3.63, 3.8) is 0 Å². The molecule has 1 N–H and O–H groups in total. The van der Waals surface area contributed by atoms with Crippen LogP contribution in [0.3, 0.4) is 0 Å². The predicted molar refractivity (Wildman–Crippen MR) is 80.5 cm³/mol. The lowest BCUT2D eigenvalue weighted by atomic mass is 10.0. The number of nitrogens with zero attached hydrogens (tertiary/aromatic N) is 1. The van der Waals surface area contributed by atoms with Gasteiger partial charge in [-0.2, -0.15) is 0 Å². The average molecular weight is 270 g/mol. The van der Waals surface area contributed by atoms with Crippen molar-refractivity contribution in [2.24, 2.45) is 0 Å². The maximum atomic E-state index is 5.55. The maximum Gasteiger partial charge on any atom is 0.144 e. The Labute approximate surface area is 118 Å². The lowest BCUT2D eigenvalue weighted by molar-refractivity contribution is 0.325. The van der Waals surface area contributed by atoms with E-state index in [0.717, 1.165) is 33.7 Å². The minimum Gasteiger partial charge on any atom is -0.495 e. The van der Waals surface area contributed by atoms with Crippen LogP contribution in [0.15, 0.2) is 37.1 Å². The number of aromatic nitrogens is 1. The molecule has 1 aromatic heterocycles. The summed E-state index contributed by atoms with van der Waals surface area (Å²) in [5.74, 6) is 1.68. The number of nitrogens with one attached hydrogen (secondary N) is 1. The van der Waals surface area contributed by atoms with Gasteiger partial charge in [-0.25, -0.2) is 0 Å². The molecule has 2 heterocycles. The van der Waals surface area contributed by atoms with Crippen molar-refractivity contribution in [3.8, 4) is 5.75 Å². The van der Waals surface area contributed by atoms with Gasteiger partial charge in [-0.3, -0.25) is 0 Å². The molecular formula is C16H18N2O2. The van der Waals surface area contributed by atoms with E-state index in [2.05, 4.69) is 22.5 Å². The Balaban J connectivity index is 2.35. The fraction of sp³-hybridized carbons (Fsp3) is 0.250. The number of fused-ring (bicyclic) bond motifs is 3. The zero-order chi connectivity index (χ0) is 14.3. The molecule has 0 bridgehead atoms. The smallest absolute Gasteiger partial charge is 0.144 e. The van der Waals surface area contributed by atoms with Gasteiger partial charge >= 0.3 is 0 Å². The van der Waals surface area contributed by atoms with Gasteiger partial charge in [0.05, 0.1) is 31.5 Å². The van der Waals surface area contributed by atoms with Crippen LogP contribution >= 0.6 is 0 Å². The van der Waals surface area contributed by atoms with Crippen LogP contribution in [-0.2, 0) is 4.74 Å². The molecule has 1 aliphatic heterocycles. The number of H-pyrrole nitrogens is 1. The van der Waals surface area contributed by atoms with Crippen molar-refractivity contribution < 1.29 is 9.47 Å². The topological polar surface area (TPSA) is 37.5 Å². The number of ether oxygens (including phenoxy) is 2. The highest BCUT2D eigenvalue weighted by Gasteiger charge is 2.28. The van der Waals surface area contributed by atoms with Crippen molar-refractivity contribution in [3.05, 3.63) is 48.3 Å². The monoisotopic (exact) mass is 270 g/mol. The van der Waals surface area contributed by atoms with Gasteiger partial charge in [0.2, 0.25) is 0 Å². The molecule has 0 saturated heterocycles. The Hall–Kier alpha value is -2.36. The lowest BCUT2D eigenvalue weighted by Gasteiger charge is -2.29. The number of para-hydroxylation sites is 1. The normalized spacial score (nSPS) is 17.6. The summed E-state index contributed by atoms with van der Waals surface area (Å²) in [6.07, 6.45) is 3.92. The molecule has 0 saturated carbocycles. The second kappa shape index (κ2) is 4.63. The SMILES string of the molecule is C=CC1c2[nH]c3c(OC)cccc3c2C(OC)=CN1C. The molecule has 0 spiro atoms. The average Bonchev–Trinajstić information content (AvgIpc) is 2.85. The van der Waals surface area contributed by atoms with E-state index in [9.17, 15) is 0 Å². The number of likely N-dealkylation sites (N-methyl/N-ethyl adjacent to an activating group) is 1. The van der Waals surface area contributed by atoms with E-state index in [0.29, 0.717) is 0 Å². The molecule has 0 amide bonds. The van der Waals surface area contributed by atoms with Crippen LogP contribution in [-0.4, -0.2) is 31.2 Å². The van der Waals surface area contributed by atoms with E-state index in [4.69, 9.17) is 9.47 Å². The van der Waals surface area contributed by atoms with Gasteiger partial charge in [0.25, 0.3) is 0 Å². The summed E-state index contributed by atoms with van der Waals surface area (Å²) in [7, 11) is 5.38. The van der Waals surface area contributed by atoms with Crippen molar-refractivity contribution in [1.29, 1.82) is 0 Å². The van der Waals surface area contributed by atoms with Gasteiger partial charge in [-0.05, 0) is 6.07 Å². The first kappa shape index (κ1) is 12.7. The van der Waals surface area contributed by atoms with Gasteiger partial charge in [0.15, 0.2) is 0 Å². The van der Waals surface area contributed by atoms with Gasteiger partial charge in [-0.1, -0.05) is 18.2 Å².